The van der Waals surface area contributed by atoms with Crippen LogP contribution < -0.4 is 5.32 Å². The summed E-state index contributed by atoms with van der Waals surface area (Å²) >= 11 is 3.28. The quantitative estimate of drug-likeness (QED) is 0.824. The Bertz CT molecular complexity index is 382. The lowest BCUT2D eigenvalue weighted by Gasteiger charge is -2.03. The van der Waals surface area contributed by atoms with Gasteiger partial charge in [-0.3, -0.25) is 5.10 Å². The molecular weight excluding hydrogens is 244 g/mol. The highest BCUT2D eigenvalue weighted by atomic mass is 79.9. The number of nitrogens with one attached hydrogen (secondary N) is 2. The third-order valence-corrected chi connectivity index (χ3v) is 2.24. The average molecular weight is 253 g/mol. The minimum atomic E-state index is 0.726. The first-order valence-electron chi connectivity index (χ1n) is 4.18. The maximum Gasteiger partial charge on any atom is 0.106 e. The van der Waals surface area contributed by atoms with Gasteiger partial charge in [0.15, 0.2) is 0 Å². The molecule has 5 heteroatoms. The van der Waals surface area contributed by atoms with Crippen molar-refractivity contribution in [3.05, 3.63) is 40.9 Å². The van der Waals surface area contributed by atoms with Gasteiger partial charge in [-0.15, -0.1) is 0 Å². The summed E-state index contributed by atoms with van der Waals surface area (Å²) in [4.78, 5) is 4.11. The van der Waals surface area contributed by atoms with Crippen molar-refractivity contribution < 1.29 is 0 Å². The lowest BCUT2D eigenvalue weighted by Crippen LogP contribution is -1.99. The van der Waals surface area contributed by atoms with E-state index in [9.17, 15) is 0 Å². The average Bonchev–Trinajstić information content (AvgIpc) is 2.70. The van der Waals surface area contributed by atoms with E-state index in [1.54, 1.807) is 12.4 Å². The summed E-state index contributed by atoms with van der Waals surface area (Å²) in [5.41, 5.74) is 2.04. The van der Waals surface area contributed by atoms with Crippen molar-refractivity contribution in [2.75, 3.05) is 5.32 Å². The lowest BCUT2D eigenvalue weighted by molar-refractivity contribution is 0.980. The highest BCUT2D eigenvalue weighted by Gasteiger charge is 1.94. The second-order valence-electron chi connectivity index (χ2n) is 2.81. The Morgan fingerprint density at radius 2 is 2.29 bits per heavy atom. The number of H-pyrrole nitrogens is 1. The number of nitrogens with zero attached hydrogens (tertiary/aromatic N) is 2. The van der Waals surface area contributed by atoms with Crippen LogP contribution in [0.25, 0.3) is 0 Å². The van der Waals surface area contributed by atoms with Gasteiger partial charge in [-0.05, 0) is 34.1 Å². The minimum absolute atomic E-state index is 0.726. The fourth-order valence-electron chi connectivity index (χ4n) is 1.06. The third-order valence-electron chi connectivity index (χ3n) is 1.77. The highest BCUT2D eigenvalue weighted by molar-refractivity contribution is 9.10. The molecule has 0 radical (unpaired) electrons. The number of aromatic nitrogens is 3. The fraction of sp³-hybridized carbons (Fsp3) is 0.111. The molecule has 0 unspecified atom stereocenters. The molecule has 0 saturated heterocycles. The first-order chi connectivity index (χ1) is 6.84. The molecule has 0 amide bonds. The van der Waals surface area contributed by atoms with Crippen molar-refractivity contribution >= 4 is 21.6 Å². The van der Waals surface area contributed by atoms with E-state index in [1.165, 1.54) is 0 Å². The summed E-state index contributed by atoms with van der Waals surface area (Å²) in [6.45, 7) is 0.726. The van der Waals surface area contributed by atoms with Gasteiger partial charge in [0.1, 0.15) is 4.60 Å². The number of halogens is 1. The number of rotatable bonds is 3. The Balaban J connectivity index is 1.95. The van der Waals surface area contributed by atoms with Gasteiger partial charge in [0.2, 0.25) is 0 Å². The molecule has 0 saturated carbocycles. The second kappa shape index (κ2) is 4.23. The molecule has 0 bridgehead atoms. The van der Waals surface area contributed by atoms with E-state index in [2.05, 4.69) is 36.4 Å². The largest absolute Gasteiger partial charge is 0.378 e. The van der Waals surface area contributed by atoms with Crippen molar-refractivity contribution in [1.82, 2.24) is 15.2 Å². The molecule has 2 N–H and O–H groups in total. The van der Waals surface area contributed by atoms with Crippen LogP contribution >= 0.6 is 15.9 Å². The van der Waals surface area contributed by atoms with Gasteiger partial charge >= 0.3 is 0 Å². The van der Waals surface area contributed by atoms with Crippen molar-refractivity contribution in [2.24, 2.45) is 0 Å². The van der Waals surface area contributed by atoms with Gasteiger partial charge in [-0.25, -0.2) is 4.98 Å². The topological polar surface area (TPSA) is 53.6 Å². The molecule has 0 fully saturated rings. The normalized spacial score (nSPS) is 10.1. The molecule has 0 spiro atoms. The number of hydrogen-bond donors (Lipinski definition) is 2. The molecule has 2 aromatic heterocycles. The number of anilines is 1. The van der Waals surface area contributed by atoms with E-state index in [0.717, 1.165) is 22.5 Å². The zero-order valence-electron chi connectivity index (χ0n) is 7.37. The maximum absolute atomic E-state index is 4.11. The summed E-state index contributed by atoms with van der Waals surface area (Å²) in [5, 5.41) is 9.96. The van der Waals surface area contributed by atoms with Crippen LogP contribution in [0.4, 0.5) is 5.69 Å². The number of hydrogen-bond acceptors (Lipinski definition) is 3. The van der Waals surface area contributed by atoms with Gasteiger partial charge in [0, 0.05) is 6.20 Å². The molecule has 14 heavy (non-hydrogen) atoms. The van der Waals surface area contributed by atoms with Crippen LogP contribution in [0, 0.1) is 0 Å². The maximum atomic E-state index is 4.11. The van der Waals surface area contributed by atoms with Crippen molar-refractivity contribution in [3.63, 3.8) is 0 Å². The summed E-state index contributed by atoms with van der Waals surface area (Å²) in [6, 6.07) is 5.79. The SMILES string of the molecule is Brc1ccc(NCc2ccn[nH]2)cn1. The molecule has 4 nitrogen and oxygen atoms in total. The van der Waals surface area contributed by atoms with Gasteiger partial charge in [-0.2, -0.15) is 5.10 Å². The zero-order valence-corrected chi connectivity index (χ0v) is 8.95. The second-order valence-corrected chi connectivity index (χ2v) is 3.62. The standard InChI is InChI=1S/C9H9BrN4/c10-9-2-1-7(5-12-9)11-6-8-3-4-13-14-8/h1-5,11H,6H2,(H,13,14). The molecule has 0 aliphatic rings. The highest BCUT2D eigenvalue weighted by Crippen LogP contribution is 2.10. The van der Waals surface area contributed by atoms with Crippen molar-refractivity contribution in [1.29, 1.82) is 0 Å². The van der Waals surface area contributed by atoms with Crippen LogP contribution in [0.15, 0.2) is 35.2 Å². The predicted molar refractivity (Wildman–Crippen MR) is 57.9 cm³/mol. The van der Waals surface area contributed by atoms with Crippen molar-refractivity contribution in [3.8, 4) is 0 Å². The Hall–Kier alpha value is -1.36. The van der Waals surface area contributed by atoms with Crippen LogP contribution in [0.5, 0.6) is 0 Å². The summed E-state index contributed by atoms with van der Waals surface area (Å²) in [5.74, 6) is 0. The minimum Gasteiger partial charge on any atom is -0.378 e. The van der Waals surface area contributed by atoms with E-state index in [-0.39, 0.29) is 0 Å². The molecule has 0 aliphatic heterocycles. The van der Waals surface area contributed by atoms with Crippen LogP contribution in [-0.2, 0) is 6.54 Å². The smallest absolute Gasteiger partial charge is 0.106 e. The van der Waals surface area contributed by atoms with E-state index < -0.39 is 0 Å². The Morgan fingerprint density at radius 1 is 1.36 bits per heavy atom. The first kappa shape index (κ1) is 9.21. The van der Waals surface area contributed by atoms with Crippen LogP contribution in [0.3, 0.4) is 0 Å². The van der Waals surface area contributed by atoms with Gasteiger partial charge < -0.3 is 5.32 Å². The van der Waals surface area contributed by atoms with Gasteiger partial charge in [0.25, 0.3) is 0 Å². The Labute approximate surface area is 89.9 Å². The molecule has 0 atom stereocenters. The van der Waals surface area contributed by atoms with Crippen molar-refractivity contribution in [2.45, 2.75) is 6.54 Å². The van der Waals surface area contributed by atoms with Gasteiger partial charge in [0.05, 0.1) is 24.1 Å². The van der Waals surface area contributed by atoms with Crippen LogP contribution in [0.1, 0.15) is 5.69 Å². The fourth-order valence-corrected chi connectivity index (χ4v) is 1.30. The molecule has 0 aliphatic carbocycles. The molecule has 2 rings (SSSR count). The molecule has 0 aromatic carbocycles. The van der Waals surface area contributed by atoms with E-state index >= 15 is 0 Å². The Kier molecular flexibility index (Phi) is 2.78. The van der Waals surface area contributed by atoms with Crippen LogP contribution in [0.2, 0.25) is 0 Å². The molecule has 2 aromatic rings. The number of pyridine rings is 1. The predicted octanol–water partition coefficient (Wildman–Crippen LogP) is 2.18. The number of aromatic amines is 1. The van der Waals surface area contributed by atoms with E-state index in [0.29, 0.717) is 0 Å². The van der Waals surface area contributed by atoms with E-state index in [4.69, 9.17) is 0 Å². The summed E-state index contributed by atoms with van der Waals surface area (Å²) < 4.78 is 0.838. The first-order valence-corrected chi connectivity index (χ1v) is 4.97. The Morgan fingerprint density at radius 3 is 2.93 bits per heavy atom. The zero-order chi connectivity index (χ0) is 9.80. The van der Waals surface area contributed by atoms with Crippen LogP contribution in [-0.4, -0.2) is 15.2 Å². The summed E-state index contributed by atoms with van der Waals surface area (Å²) in [6.07, 6.45) is 3.51. The summed E-state index contributed by atoms with van der Waals surface area (Å²) in [7, 11) is 0. The molecule has 72 valence electrons. The third kappa shape index (κ3) is 2.32. The van der Waals surface area contributed by atoms with E-state index in [1.807, 2.05) is 18.2 Å². The van der Waals surface area contributed by atoms with Gasteiger partial charge in [-0.1, -0.05) is 0 Å². The lowest BCUT2D eigenvalue weighted by atomic mass is 10.4. The monoisotopic (exact) mass is 252 g/mol. The molecule has 2 heterocycles. The molecular formula is C9H9BrN4.